The Balaban J connectivity index is 1.30. The Kier molecular flexibility index (Phi) is 4.32. The highest BCUT2D eigenvalue weighted by Crippen LogP contribution is 2.38. The molecule has 0 bridgehead atoms. The van der Waals surface area contributed by atoms with Gasteiger partial charge in [0.1, 0.15) is 22.5 Å². The van der Waals surface area contributed by atoms with Gasteiger partial charge in [0.15, 0.2) is 0 Å². The lowest BCUT2D eigenvalue weighted by atomic mass is 9.91. The smallest absolute Gasteiger partial charge is 0.141 e. The van der Waals surface area contributed by atoms with E-state index >= 15 is 0 Å². The number of piperidine rings is 1. The SMILES string of the molecule is Clc1ccc(CN2CCC(C3=C4c5cc[nH]c5N=CN4NN3)CC2)c(Cl)n1. The first kappa shape index (κ1) is 17.1. The molecular formula is C18H19Cl2N7. The Morgan fingerprint density at radius 1 is 1.15 bits per heavy atom. The van der Waals surface area contributed by atoms with Gasteiger partial charge in [0, 0.05) is 29.8 Å². The largest absolute Gasteiger partial charge is 0.346 e. The van der Waals surface area contributed by atoms with Gasteiger partial charge < -0.3 is 10.4 Å². The summed E-state index contributed by atoms with van der Waals surface area (Å²) in [6.45, 7) is 2.82. The van der Waals surface area contributed by atoms with E-state index in [9.17, 15) is 0 Å². The summed E-state index contributed by atoms with van der Waals surface area (Å²) in [4.78, 5) is 14.2. The molecule has 0 atom stereocenters. The molecule has 5 heterocycles. The second kappa shape index (κ2) is 6.83. The highest BCUT2D eigenvalue weighted by molar-refractivity contribution is 6.32. The third kappa shape index (κ3) is 3.10. The van der Waals surface area contributed by atoms with Crippen LogP contribution >= 0.6 is 23.2 Å². The topological polar surface area (TPSA) is 71.6 Å². The van der Waals surface area contributed by atoms with Crippen LogP contribution in [0.2, 0.25) is 10.3 Å². The number of aliphatic imine (C=N–C) groups is 1. The van der Waals surface area contributed by atoms with Crippen LogP contribution < -0.4 is 11.0 Å². The molecular weight excluding hydrogens is 385 g/mol. The Morgan fingerprint density at radius 2 is 2.00 bits per heavy atom. The lowest BCUT2D eigenvalue weighted by Gasteiger charge is -2.32. The maximum atomic E-state index is 6.23. The predicted molar refractivity (Wildman–Crippen MR) is 106 cm³/mol. The van der Waals surface area contributed by atoms with Crippen LogP contribution in [0.4, 0.5) is 5.82 Å². The number of hydrogen-bond donors (Lipinski definition) is 3. The number of rotatable bonds is 3. The first-order valence-electron chi connectivity index (χ1n) is 8.99. The van der Waals surface area contributed by atoms with Gasteiger partial charge in [0.25, 0.3) is 0 Å². The zero-order valence-electron chi connectivity index (χ0n) is 14.5. The van der Waals surface area contributed by atoms with Crippen LogP contribution in [0, 0.1) is 5.92 Å². The van der Waals surface area contributed by atoms with Gasteiger partial charge in [-0.2, -0.15) is 0 Å². The molecule has 140 valence electrons. The van der Waals surface area contributed by atoms with Gasteiger partial charge in [-0.3, -0.25) is 4.90 Å². The predicted octanol–water partition coefficient (Wildman–Crippen LogP) is 3.30. The molecule has 0 aliphatic carbocycles. The molecule has 2 aromatic rings. The van der Waals surface area contributed by atoms with Crippen molar-refractivity contribution in [1.82, 2.24) is 30.8 Å². The summed E-state index contributed by atoms with van der Waals surface area (Å²) in [6.07, 6.45) is 5.90. The van der Waals surface area contributed by atoms with Crippen molar-refractivity contribution in [3.05, 3.63) is 51.5 Å². The number of nitrogens with zero attached hydrogens (tertiary/aromatic N) is 4. The maximum Gasteiger partial charge on any atom is 0.141 e. The van der Waals surface area contributed by atoms with Gasteiger partial charge in [0.05, 0.1) is 11.4 Å². The van der Waals surface area contributed by atoms with Crippen molar-refractivity contribution in [2.24, 2.45) is 10.9 Å². The molecule has 0 spiro atoms. The highest BCUT2D eigenvalue weighted by atomic mass is 35.5. The van der Waals surface area contributed by atoms with Crippen molar-refractivity contribution < 1.29 is 0 Å². The fraction of sp³-hybridized carbons (Fsp3) is 0.333. The first-order chi connectivity index (χ1) is 13.2. The number of aromatic amines is 1. The molecule has 9 heteroatoms. The van der Waals surface area contributed by atoms with Crippen molar-refractivity contribution in [2.45, 2.75) is 19.4 Å². The minimum absolute atomic E-state index is 0.431. The zero-order valence-corrected chi connectivity index (χ0v) is 16.1. The van der Waals surface area contributed by atoms with Crippen LogP contribution in [0.5, 0.6) is 0 Å². The number of halogens is 2. The van der Waals surface area contributed by atoms with Crippen LogP contribution in [0.25, 0.3) is 5.70 Å². The van der Waals surface area contributed by atoms with Crippen molar-refractivity contribution in [2.75, 3.05) is 13.1 Å². The molecule has 0 radical (unpaired) electrons. The fourth-order valence-electron chi connectivity index (χ4n) is 3.98. The molecule has 1 fully saturated rings. The average Bonchev–Trinajstić information content (AvgIpc) is 3.30. The molecule has 0 unspecified atom stereocenters. The molecule has 0 amide bonds. The third-order valence-corrected chi connectivity index (χ3v) is 5.91. The Bertz CT molecular complexity index is 928. The van der Waals surface area contributed by atoms with Crippen LogP contribution in [0.15, 0.2) is 35.1 Å². The van der Waals surface area contributed by atoms with E-state index < -0.39 is 0 Å². The summed E-state index contributed by atoms with van der Waals surface area (Å²) in [5.41, 5.74) is 11.1. The number of hydrazine groups is 2. The molecule has 3 aliphatic rings. The van der Waals surface area contributed by atoms with Gasteiger partial charge in [0.2, 0.25) is 0 Å². The number of aromatic nitrogens is 2. The number of allylic oxidation sites excluding steroid dienone is 1. The minimum Gasteiger partial charge on any atom is -0.346 e. The summed E-state index contributed by atoms with van der Waals surface area (Å²) in [5.74, 6) is 1.38. The second-order valence-corrected chi connectivity index (χ2v) is 7.73. The van der Waals surface area contributed by atoms with Gasteiger partial charge in [-0.1, -0.05) is 29.3 Å². The van der Waals surface area contributed by atoms with Gasteiger partial charge in [-0.15, -0.1) is 5.53 Å². The summed E-state index contributed by atoms with van der Waals surface area (Å²) in [6, 6.07) is 5.83. The molecule has 0 aromatic carbocycles. The van der Waals surface area contributed by atoms with Crippen LogP contribution in [0.3, 0.4) is 0 Å². The zero-order chi connectivity index (χ0) is 18.4. The van der Waals surface area contributed by atoms with E-state index in [4.69, 9.17) is 23.2 Å². The average molecular weight is 404 g/mol. The van der Waals surface area contributed by atoms with Crippen LogP contribution in [-0.4, -0.2) is 39.3 Å². The normalized spacial score (nSPS) is 20.0. The molecule has 5 rings (SSSR count). The van der Waals surface area contributed by atoms with Crippen LogP contribution in [0.1, 0.15) is 24.0 Å². The monoisotopic (exact) mass is 403 g/mol. The number of hydrogen-bond acceptors (Lipinski definition) is 6. The number of nitrogens with one attached hydrogen (secondary N) is 3. The molecule has 0 saturated carbocycles. The molecule has 3 N–H and O–H groups in total. The van der Waals surface area contributed by atoms with E-state index in [1.165, 1.54) is 11.4 Å². The van der Waals surface area contributed by atoms with E-state index in [0.29, 0.717) is 16.2 Å². The van der Waals surface area contributed by atoms with Gasteiger partial charge in [-0.05, 0) is 38.1 Å². The molecule has 3 aliphatic heterocycles. The van der Waals surface area contributed by atoms with Gasteiger partial charge >= 0.3 is 0 Å². The quantitative estimate of drug-likeness (QED) is 0.685. The Labute approximate surface area is 167 Å². The molecule has 27 heavy (non-hydrogen) atoms. The number of fused-ring (bicyclic) bond motifs is 3. The summed E-state index contributed by atoms with van der Waals surface area (Å²) in [7, 11) is 0. The van der Waals surface area contributed by atoms with Crippen molar-refractivity contribution >= 4 is 41.1 Å². The second-order valence-electron chi connectivity index (χ2n) is 6.99. The van der Waals surface area contributed by atoms with Crippen molar-refractivity contribution in [1.29, 1.82) is 0 Å². The summed E-state index contributed by atoms with van der Waals surface area (Å²) in [5, 5.41) is 2.88. The number of pyridine rings is 1. The van der Waals surface area contributed by atoms with E-state index in [2.05, 4.69) is 36.9 Å². The molecule has 7 nitrogen and oxygen atoms in total. The van der Waals surface area contributed by atoms with Crippen molar-refractivity contribution in [3.63, 3.8) is 0 Å². The lowest BCUT2D eigenvalue weighted by molar-refractivity contribution is 0.188. The molecule has 1 saturated heterocycles. The Morgan fingerprint density at radius 3 is 2.81 bits per heavy atom. The van der Waals surface area contributed by atoms with E-state index in [1.807, 2.05) is 17.3 Å². The lowest BCUT2D eigenvalue weighted by Crippen LogP contribution is -2.39. The van der Waals surface area contributed by atoms with E-state index in [-0.39, 0.29) is 0 Å². The fourth-order valence-corrected chi connectivity index (χ4v) is 4.38. The third-order valence-electron chi connectivity index (χ3n) is 5.37. The summed E-state index contributed by atoms with van der Waals surface area (Å²) >= 11 is 12.1. The molecule has 2 aromatic heterocycles. The van der Waals surface area contributed by atoms with Gasteiger partial charge in [-0.25, -0.2) is 15.0 Å². The Hall–Kier alpha value is -2.06. The highest BCUT2D eigenvalue weighted by Gasteiger charge is 2.33. The standard InChI is InChI=1S/C18H19Cl2N7/c19-14-2-1-12(17(20)23-14)9-26-7-4-11(5-8-26)15-16-13-3-6-21-18(13)22-10-27(16)25-24-15/h1-3,6,10-11,21,24-25H,4-5,7-9H2. The van der Waals surface area contributed by atoms with E-state index in [1.54, 1.807) is 12.4 Å². The maximum absolute atomic E-state index is 6.23. The summed E-state index contributed by atoms with van der Waals surface area (Å²) < 4.78 is 0. The van der Waals surface area contributed by atoms with Crippen LogP contribution in [-0.2, 0) is 6.54 Å². The van der Waals surface area contributed by atoms with Crippen molar-refractivity contribution in [3.8, 4) is 0 Å². The number of H-pyrrole nitrogens is 1. The van der Waals surface area contributed by atoms with E-state index in [0.717, 1.165) is 49.4 Å². The number of likely N-dealkylation sites (tertiary alicyclic amines) is 1. The minimum atomic E-state index is 0.431. The first-order valence-corrected chi connectivity index (χ1v) is 9.75.